The number of thioether (sulfide) groups is 1. The van der Waals surface area contributed by atoms with Gasteiger partial charge in [-0.1, -0.05) is 18.9 Å². The van der Waals surface area contributed by atoms with E-state index in [1.807, 2.05) is 22.7 Å². The molecule has 32 heavy (non-hydrogen) atoms. The third-order valence-electron chi connectivity index (χ3n) is 7.59. The fourth-order valence-electron chi connectivity index (χ4n) is 6.12. The lowest BCUT2D eigenvalue weighted by Crippen LogP contribution is -2.15. The van der Waals surface area contributed by atoms with Crippen LogP contribution < -0.4 is 0 Å². The molecule has 0 spiro atoms. The van der Waals surface area contributed by atoms with E-state index in [-0.39, 0.29) is 0 Å². The molecule has 1 aliphatic heterocycles. The second kappa shape index (κ2) is 7.73. The molecule has 0 bridgehead atoms. The summed E-state index contributed by atoms with van der Waals surface area (Å²) in [6.07, 6.45) is 13.5. The minimum absolute atomic E-state index is 0.790. The maximum atomic E-state index is 2.66. The SMILES string of the molecule is Cc1cc2c(-c3cc4c(s3)CCCC4)c3sc(C)cc3c(C3=CC4CCCCC4S3)c2s1. The fraction of sp³-hybridized carbons (Fsp3) is 0.429. The van der Waals surface area contributed by atoms with Crippen molar-refractivity contribution in [2.24, 2.45) is 5.92 Å². The van der Waals surface area contributed by atoms with Gasteiger partial charge in [-0.2, -0.15) is 0 Å². The number of rotatable bonds is 2. The topological polar surface area (TPSA) is 0 Å². The van der Waals surface area contributed by atoms with Crippen LogP contribution >= 0.6 is 45.8 Å². The van der Waals surface area contributed by atoms with E-state index in [9.17, 15) is 0 Å². The van der Waals surface area contributed by atoms with E-state index in [0.717, 1.165) is 11.2 Å². The summed E-state index contributed by atoms with van der Waals surface area (Å²) in [4.78, 5) is 7.63. The third kappa shape index (κ3) is 3.13. The molecule has 0 radical (unpaired) electrons. The monoisotopic (exact) mass is 492 g/mol. The van der Waals surface area contributed by atoms with Gasteiger partial charge in [-0.25, -0.2) is 0 Å². The number of thiophene rings is 3. The van der Waals surface area contributed by atoms with Crippen LogP contribution in [0, 0.1) is 19.8 Å². The van der Waals surface area contributed by atoms with Gasteiger partial charge in [0.25, 0.3) is 0 Å². The van der Waals surface area contributed by atoms with Crippen LogP contribution in [0.1, 0.15) is 64.3 Å². The van der Waals surface area contributed by atoms with E-state index < -0.39 is 0 Å². The zero-order chi connectivity index (χ0) is 21.4. The van der Waals surface area contributed by atoms with Gasteiger partial charge in [0.2, 0.25) is 0 Å². The van der Waals surface area contributed by atoms with Gasteiger partial charge in [-0.05, 0) is 82.1 Å². The van der Waals surface area contributed by atoms with Crippen molar-refractivity contribution in [1.29, 1.82) is 0 Å². The highest BCUT2D eigenvalue weighted by molar-refractivity contribution is 8.09. The maximum Gasteiger partial charge on any atom is 0.0445 e. The molecular formula is C28H28S4. The van der Waals surface area contributed by atoms with E-state index in [1.54, 1.807) is 20.9 Å². The van der Waals surface area contributed by atoms with Crippen molar-refractivity contribution in [3.63, 3.8) is 0 Å². The van der Waals surface area contributed by atoms with Gasteiger partial charge in [0.05, 0.1) is 0 Å². The average molecular weight is 493 g/mol. The van der Waals surface area contributed by atoms with Crippen LogP contribution in [0.3, 0.4) is 0 Å². The number of allylic oxidation sites excluding steroid dienone is 1. The first-order valence-electron chi connectivity index (χ1n) is 12.1. The molecule has 2 aliphatic carbocycles. The summed E-state index contributed by atoms with van der Waals surface area (Å²) in [6.45, 7) is 4.60. The van der Waals surface area contributed by atoms with Gasteiger partial charge in [-0.15, -0.1) is 45.8 Å². The van der Waals surface area contributed by atoms with Crippen molar-refractivity contribution in [3.8, 4) is 10.4 Å². The molecule has 4 heteroatoms. The molecule has 4 aromatic rings. The Bertz CT molecular complexity index is 1310. The molecule has 1 saturated carbocycles. The predicted octanol–water partition coefficient (Wildman–Crippen LogP) is 9.99. The van der Waals surface area contributed by atoms with Gasteiger partial charge in [0.15, 0.2) is 0 Å². The first-order chi connectivity index (χ1) is 15.7. The van der Waals surface area contributed by atoms with Crippen molar-refractivity contribution in [1.82, 2.24) is 0 Å². The molecule has 2 atom stereocenters. The van der Waals surface area contributed by atoms with Crippen LogP contribution in [-0.4, -0.2) is 5.25 Å². The summed E-state index contributed by atoms with van der Waals surface area (Å²) >= 11 is 8.32. The maximum absolute atomic E-state index is 2.66. The van der Waals surface area contributed by atoms with Gasteiger partial charge in [-0.3, -0.25) is 0 Å². The molecule has 164 valence electrons. The highest BCUT2D eigenvalue weighted by Crippen LogP contribution is 2.55. The summed E-state index contributed by atoms with van der Waals surface area (Å²) < 4.78 is 3.06. The molecule has 4 heterocycles. The molecule has 0 saturated heterocycles. The molecule has 3 aliphatic rings. The Labute approximate surface area is 206 Å². The minimum Gasteiger partial charge on any atom is -0.140 e. The highest BCUT2D eigenvalue weighted by atomic mass is 32.2. The largest absolute Gasteiger partial charge is 0.140 e. The Morgan fingerprint density at radius 1 is 0.750 bits per heavy atom. The van der Waals surface area contributed by atoms with E-state index in [2.05, 4.69) is 61.2 Å². The molecular weight excluding hydrogens is 465 g/mol. The lowest BCUT2D eigenvalue weighted by Gasteiger charge is -2.23. The molecule has 1 fully saturated rings. The Hall–Kier alpha value is -1.07. The second-order valence-electron chi connectivity index (χ2n) is 9.85. The van der Waals surface area contributed by atoms with Gasteiger partial charge < -0.3 is 0 Å². The normalized spacial score (nSPS) is 23.0. The predicted molar refractivity (Wildman–Crippen MR) is 148 cm³/mol. The van der Waals surface area contributed by atoms with Gasteiger partial charge in [0, 0.05) is 61.0 Å². The average Bonchev–Trinajstić information content (AvgIpc) is 3.54. The lowest BCUT2D eigenvalue weighted by molar-refractivity contribution is 0.438. The van der Waals surface area contributed by atoms with Crippen LogP contribution in [0.15, 0.2) is 24.3 Å². The van der Waals surface area contributed by atoms with Crippen molar-refractivity contribution >= 4 is 70.8 Å². The van der Waals surface area contributed by atoms with Gasteiger partial charge >= 0.3 is 0 Å². The standard InChI is InChI=1S/C28H28S4/c1-15-11-19-25(23-13-17-7-3-5-9-21(17)31-23)28-20(12-16(2)30-28)26(27(19)29-15)24-14-18-8-4-6-10-22(18)32-24/h11-14,17,21H,3-10H2,1-2H3. The first-order valence-corrected chi connectivity index (χ1v) is 15.5. The number of benzene rings is 1. The second-order valence-corrected chi connectivity index (χ2v) is 14.8. The highest BCUT2D eigenvalue weighted by Gasteiger charge is 2.33. The van der Waals surface area contributed by atoms with Crippen LogP contribution in [0.4, 0.5) is 0 Å². The Morgan fingerprint density at radius 3 is 2.25 bits per heavy atom. The Kier molecular flexibility index (Phi) is 4.91. The molecule has 7 rings (SSSR count). The summed E-state index contributed by atoms with van der Waals surface area (Å²) in [5.74, 6) is 0.790. The smallest absolute Gasteiger partial charge is 0.0445 e. The van der Waals surface area contributed by atoms with E-state index in [4.69, 9.17) is 0 Å². The zero-order valence-corrected chi connectivity index (χ0v) is 22.0. The fourth-order valence-corrected chi connectivity index (χ4v) is 11.3. The number of fused-ring (bicyclic) bond motifs is 4. The molecule has 0 N–H and O–H groups in total. The van der Waals surface area contributed by atoms with Crippen LogP contribution in [-0.2, 0) is 12.8 Å². The quantitative estimate of drug-likeness (QED) is 0.268. The third-order valence-corrected chi connectivity index (χ3v) is 12.5. The Balaban J connectivity index is 1.51. The summed E-state index contributed by atoms with van der Waals surface area (Å²) in [5.41, 5.74) is 4.71. The molecule has 2 unspecified atom stereocenters. The van der Waals surface area contributed by atoms with E-state index in [1.165, 1.54) is 91.7 Å². The Morgan fingerprint density at radius 2 is 1.47 bits per heavy atom. The van der Waals surface area contributed by atoms with Crippen LogP contribution in [0.25, 0.3) is 35.5 Å². The van der Waals surface area contributed by atoms with Crippen molar-refractivity contribution < 1.29 is 0 Å². The summed E-state index contributed by atoms with van der Waals surface area (Å²) in [6, 6.07) is 7.52. The first kappa shape index (κ1) is 20.3. The molecule has 0 nitrogen and oxygen atoms in total. The van der Waals surface area contributed by atoms with Crippen molar-refractivity contribution in [2.75, 3.05) is 0 Å². The van der Waals surface area contributed by atoms with Crippen molar-refractivity contribution in [2.45, 2.75) is 70.5 Å². The number of hydrogen-bond acceptors (Lipinski definition) is 4. The lowest BCUT2D eigenvalue weighted by atomic mass is 9.88. The van der Waals surface area contributed by atoms with E-state index in [0.29, 0.717) is 0 Å². The molecule has 1 aromatic carbocycles. The van der Waals surface area contributed by atoms with Crippen molar-refractivity contribution in [3.05, 3.63) is 50.0 Å². The van der Waals surface area contributed by atoms with Gasteiger partial charge in [0.1, 0.15) is 0 Å². The summed E-state index contributed by atoms with van der Waals surface area (Å²) in [5, 5.41) is 3.83. The number of aryl methyl sites for hydroxylation is 4. The molecule has 3 aromatic heterocycles. The number of hydrogen-bond donors (Lipinski definition) is 0. The van der Waals surface area contributed by atoms with Crippen LogP contribution in [0.5, 0.6) is 0 Å². The minimum atomic E-state index is 0.790. The molecule has 0 amide bonds. The zero-order valence-electron chi connectivity index (χ0n) is 18.8. The summed E-state index contributed by atoms with van der Waals surface area (Å²) in [7, 11) is 0. The van der Waals surface area contributed by atoms with Crippen LogP contribution in [0.2, 0.25) is 0 Å². The van der Waals surface area contributed by atoms with E-state index >= 15 is 0 Å².